The first kappa shape index (κ1) is 25.2. The molecule has 10 heteroatoms. The van der Waals surface area contributed by atoms with Crippen LogP contribution in [0, 0.1) is 34.5 Å². The highest BCUT2D eigenvalue weighted by Gasteiger charge is 2.69. The second-order valence-corrected chi connectivity index (χ2v) is 12.1. The van der Waals surface area contributed by atoms with E-state index >= 15 is 0 Å². The smallest absolute Gasteiger partial charge is 0.261 e. The lowest BCUT2D eigenvalue weighted by Gasteiger charge is -2.32. The number of benzene rings is 1. The SMILES string of the molecule is CC1(C)[C@@H]2C(C(=O)N[C@H](C#N)C[C@@H]3CCC4(CC4)NC3=O)N(C(=O)COc3ccc(Cl)cc3Cl)C[C@@H]21. The van der Waals surface area contributed by atoms with Gasteiger partial charge in [0.2, 0.25) is 11.8 Å². The van der Waals surface area contributed by atoms with Crippen molar-refractivity contribution in [1.82, 2.24) is 15.5 Å². The number of nitrogens with one attached hydrogen (secondary N) is 2. The summed E-state index contributed by atoms with van der Waals surface area (Å²) >= 11 is 12.1. The minimum Gasteiger partial charge on any atom is -0.482 e. The fraction of sp³-hybridized carbons (Fsp3) is 0.615. The largest absolute Gasteiger partial charge is 0.482 e. The first-order valence-electron chi connectivity index (χ1n) is 12.4. The van der Waals surface area contributed by atoms with Crippen molar-refractivity contribution in [3.05, 3.63) is 28.2 Å². The Morgan fingerprint density at radius 1 is 1.31 bits per heavy atom. The topological polar surface area (TPSA) is 112 Å². The van der Waals surface area contributed by atoms with Crippen LogP contribution >= 0.6 is 23.2 Å². The van der Waals surface area contributed by atoms with E-state index in [1.54, 1.807) is 17.0 Å². The van der Waals surface area contributed by atoms with Crippen LogP contribution in [-0.2, 0) is 14.4 Å². The number of nitriles is 1. The zero-order valence-electron chi connectivity index (χ0n) is 20.4. The Kier molecular flexibility index (Phi) is 6.37. The summed E-state index contributed by atoms with van der Waals surface area (Å²) in [5.74, 6) is -0.462. The number of fused-ring (bicyclic) bond motifs is 1. The zero-order valence-corrected chi connectivity index (χ0v) is 21.9. The number of halogens is 2. The van der Waals surface area contributed by atoms with Crippen molar-refractivity contribution in [1.29, 1.82) is 5.26 Å². The van der Waals surface area contributed by atoms with Gasteiger partial charge in [0.25, 0.3) is 5.91 Å². The average Bonchev–Trinajstić information content (AvgIpc) is 3.61. The molecule has 8 nitrogen and oxygen atoms in total. The molecule has 5 atom stereocenters. The van der Waals surface area contributed by atoms with Gasteiger partial charge in [0.1, 0.15) is 17.8 Å². The summed E-state index contributed by atoms with van der Waals surface area (Å²) in [7, 11) is 0. The molecule has 0 aromatic heterocycles. The van der Waals surface area contributed by atoms with Crippen molar-refractivity contribution < 1.29 is 19.1 Å². The third-order valence-electron chi connectivity index (χ3n) is 8.62. The van der Waals surface area contributed by atoms with E-state index < -0.39 is 12.1 Å². The predicted molar refractivity (Wildman–Crippen MR) is 133 cm³/mol. The Morgan fingerprint density at radius 3 is 2.69 bits per heavy atom. The maximum Gasteiger partial charge on any atom is 0.261 e. The van der Waals surface area contributed by atoms with E-state index in [1.165, 1.54) is 6.07 Å². The summed E-state index contributed by atoms with van der Waals surface area (Å²) in [6.45, 7) is 4.37. The number of piperidine rings is 2. The van der Waals surface area contributed by atoms with Crippen LogP contribution in [-0.4, -0.2) is 53.4 Å². The number of nitrogens with zero attached hydrogens (tertiary/aromatic N) is 2. The number of likely N-dealkylation sites (tertiary alicyclic amines) is 1. The van der Waals surface area contributed by atoms with Crippen LogP contribution in [0.25, 0.3) is 0 Å². The second kappa shape index (κ2) is 9.11. The van der Waals surface area contributed by atoms with Gasteiger partial charge in [-0.25, -0.2) is 0 Å². The Bertz CT molecular complexity index is 1150. The number of carbonyl (C=O) groups is 3. The van der Waals surface area contributed by atoms with Crippen molar-refractivity contribution in [3.63, 3.8) is 0 Å². The highest BCUT2D eigenvalue weighted by molar-refractivity contribution is 6.35. The van der Waals surface area contributed by atoms with Crippen molar-refractivity contribution in [2.24, 2.45) is 23.2 Å². The fourth-order valence-electron chi connectivity index (χ4n) is 6.10. The standard InChI is InChI=1S/C26H30Cl2N4O4/c1-25(2)17-12-32(20(33)13-36-19-4-3-15(27)10-18(19)28)22(21(17)25)24(35)30-16(11-29)9-14-5-6-26(7-8-26)31-23(14)34/h3-4,10,14,16-17,21-22H,5-9,12-13H2,1-2H3,(H,30,35)(H,31,34)/t14-,16-,17-,21-,22?/m0/s1. The third kappa shape index (κ3) is 4.64. The maximum atomic E-state index is 13.4. The van der Waals surface area contributed by atoms with E-state index in [1.807, 2.05) is 0 Å². The van der Waals surface area contributed by atoms with E-state index in [-0.39, 0.29) is 59.5 Å². The van der Waals surface area contributed by atoms with Crippen LogP contribution < -0.4 is 15.4 Å². The molecule has 4 fully saturated rings. The van der Waals surface area contributed by atoms with Gasteiger partial charge < -0.3 is 20.3 Å². The minimum atomic E-state index is -0.802. The zero-order chi connectivity index (χ0) is 25.8. The fourth-order valence-corrected chi connectivity index (χ4v) is 6.56. The lowest BCUT2D eigenvalue weighted by atomic mass is 9.87. The van der Waals surface area contributed by atoms with Crippen molar-refractivity contribution in [2.75, 3.05) is 13.2 Å². The van der Waals surface area contributed by atoms with Crippen LogP contribution in [0.2, 0.25) is 10.0 Å². The van der Waals surface area contributed by atoms with Gasteiger partial charge in [-0.05, 0) is 67.6 Å². The first-order valence-corrected chi connectivity index (χ1v) is 13.2. The Morgan fingerprint density at radius 2 is 2.06 bits per heavy atom. The van der Waals surface area contributed by atoms with E-state index in [9.17, 15) is 19.6 Å². The molecule has 2 N–H and O–H groups in total. The molecule has 1 aromatic rings. The van der Waals surface area contributed by atoms with Gasteiger partial charge in [0.05, 0.1) is 11.1 Å². The highest BCUT2D eigenvalue weighted by atomic mass is 35.5. The molecule has 0 bridgehead atoms. The summed E-state index contributed by atoms with van der Waals surface area (Å²) in [6, 6.07) is 5.40. The molecule has 2 heterocycles. The van der Waals surface area contributed by atoms with Gasteiger partial charge in [-0.2, -0.15) is 5.26 Å². The van der Waals surface area contributed by atoms with Gasteiger partial charge in [0, 0.05) is 23.0 Å². The van der Waals surface area contributed by atoms with Crippen LogP contribution in [0.1, 0.15) is 46.0 Å². The van der Waals surface area contributed by atoms with Crippen molar-refractivity contribution in [3.8, 4) is 11.8 Å². The summed E-state index contributed by atoms with van der Waals surface area (Å²) in [5.41, 5.74) is -0.0856. The number of carbonyl (C=O) groups excluding carboxylic acids is 3. The predicted octanol–water partition coefficient (Wildman–Crippen LogP) is 3.31. The molecule has 5 rings (SSSR count). The molecule has 2 aliphatic heterocycles. The molecule has 192 valence electrons. The lowest BCUT2D eigenvalue weighted by Crippen LogP contribution is -2.53. The van der Waals surface area contributed by atoms with E-state index in [0.29, 0.717) is 22.3 Å². The molecule has 3 amide bonds. The molecule has 2 saturated carbocycles. The van der Waals surface area contributed by atoms with Crippen molar-refractivity contribution >= 4 is 40.9 Å². The quantitative estimate of drug-likeness (QED) is 0.559. The lowest BCUT2D eigenvalue weighted by molar-refractivity contribution is -0.142. The number of amides is 3. The van der Waals surface area contributed by atoms with Gasteiger partial charge in [0.15, 0.2) is 6.61 Å². The highest BCUT2D eigenvalue weighted by Crippen LogP contribution is 2.64. The molecule has 1 aromatic carbocycles. The molecular weight excluding hydrogens is 503 g/mol. The molecule has 4 aliphatic rings. The molecule has 2 saturated heterocycles. The van der Waals surface area contributed by atoms with Crippen LogP contribution in [0.3, 0.4) is 0 Å². The number of ether oxygens (including phenoxy) is 1. The normalized spacial score (nSPS) is 29.5. The molecule has 2 aliphatic carbocycles. The summed E-state index contributed by atoms with van der Waals surface area (Å²) in [5, 5.41) is 16.4. The van der Waals surface area contributed by atoms with Crippen LogP contribution in [0.4, 0.5) is 0 Å². The average molecular weight is 533 g/mol. The van der Waals surface area contributed by atoms with E-state index in [0.717, 1.165) is 25.7 Å². The molecule has 1 unspecified atom stereocenters. The van der Waals surface area contributed by atoms with E-state index in [2.05, 4.69) is 30.6 Å². The summed E-state index contributed by atoms with van der Waals surface area (Å²) < 4.78 is 5.62. The van der Waals surface area contributed by atoms with Gasteiger partial charge in [-0.15, -0.1) is 0 Å². The Balaban J connectivity index is 1.22. The number of hydrogen-bond acceptors (Lipinski definition) is 5. The number of hydrogen-bond donors (Lipinski definition) is 2. The van der Waals surface area contributed by atoms with Crippen LogP contribution in [0.5, 0.6) is 5.75 Å². The molecule has 0 radical (unpaired) electrons. The monoisotopic (exact) mass is 532 g/mol. The molecule has 1 spiro atoms. The number of rotatable bonds is 7. The molecular formula is C26H30Cl2N4O4. The second-order valence-electron chi connectivity index (χ2n) is 11.2. The van der Waals surface area contributed by atoms with Gasteiger partial charge >= 0.3 is 0 Å². The van der Waals surface area contributed by atoms with Gasteiger partial charge in [-0.3, -0.25) is 14.4 Å². The third-order valence-corrected chi connectivity index (χ3v) is 9.15. The minimum absolute atomic E-state index is 0.00705. The summed E-state index contributed by atoms with van der Waals surface area (Å²) in [6.07, 6.45) is 3.93. The maximum absolute atomic E-state index is 13.4. The van der Waals surface area contributed by atoms with Crippen molar-refractivity contribution in [2.45, 2.75) is 63.6 Å². The Hall–Kier alpha value is -2.50. The van der Waals surface area contributed by atoms with E-state index in [4.69, 9.17) is 27.9 Å². The van der Waals surface area contributed by atoms with Gasteiger partial charge in [-0.1, -0.05) is 37.0 Å². The summed E-state index contributed by atoms with van der Waals surface area (Å²) in [4.78, 5) is 40.6. The first-order chi connectivity index (χ1) is 17.0. The Labute approximate surface area is 220 Å². The molecule has 36 heavy (non-hydrogen) atoms. The van der Waals surface area contributed by atoms with Crippen LogP contribution in [0.15, 0.2) is 18.2 Å².